The van der Waals surface area contributed by atoms with Crippen LogP contribution < -0.4 is 5.43 Å². The maximum atomic E-state index is 5.60. The van der Waals surface area contributed by atoms with Gasteiger partial charge in [-0.2, -0.15) is 5.10 Å². The zero-order valence-corrected chi connectivity index (χ0v) is 11.0. The lowest BCUT2D eigenvalue weighted by Crippen LogP contribution is -2.42. The number of ether oxygens (including phenoxy) is 1. The lowest BCUT2D eigenvalue weighted by atomic mass is 9.81. The summed E-state index contributed by atoms with van der Waals surface area (Å²) in [5.41, 5.74) is 3.05. The average molecular weight is 238 g/mol. The number of hydrogen-bond acceptors (Lipinski definition) is 3. The van der Waals surface area contributed by atoms with Gasteiger partial charge in [-0.3, -0.25) is 0 Å². The Morgan fingerprint density at radius 2 is 2.24 bits per heavy atom. The first-order chi connectivity index (χ1) is 8.31. The van der Waals surface area contributed by atoms with Gasteiger partial charge in [0.15, 0.2) is 0 Å². The van der Waals surface area contributed by atoms with Crippen molar-refractivity contribution in [3.05, 3.63) is 12.8 Å². The van der Waals surface area contributed by atoms with Crippen LogP contribution >= 0.6 is 0 Å². The predicted molar refractivity (Wildman–Crippen MR) is 73.0 cm³/mol. The van der Waals surface area contributed by atoms with Gasteiger partial charge >= 0.3 is 0 Å². The molecule has 0 aliphatic heterocycles. The summed E-state index contributed by atoms with van der Waals surface area (Å²) in [6, 6.07) is 0.299. The van der Waals surface area contributed by atoms with Crippen molar-refractivity contribution in [2.45, 2.75) is 64.0 Å². The Labute approximate surface area is 105 Å². The molecule has 0 bridgehead atoms. The molecule has 1 aliphatic rings. The number of unbranched alkanes of at least 4 members (excludes halogenated alkanes) is 2. The Hall–Kier alpha value is -0.990. The lowest BCUT2D eigenvalue weighted by Gasteiger charge is -2.35. The number of rotatable bonds is 8. The molecule has 0 radical (unpaired) electrons. The van der Waals surface area contributed by atoms with Gasteiger partial charge in [0.2, 0.25) is 0 Å². The van der Waals surface area contributed by atoms with Gasteiger partial charge in [0.1, 0.15) is 6.10 Å². The molecule has 1 fully saturated rings. The van der Waals surface area contributed by atoms with Crippen LogP contribution in [0.15, 0.2) is 17.9 Å². The van der Waals surface area contributed by atoms with Crippen molar-refractivity contribution in [3.8, 4) is 0 Å². The third-order valence-corrected chi connectivity index (χ3v) is 3.64. The van der Waals surface area contributed by atoms with E-state index in [9.17, 15) is 0 Å². The van der Waals surface area contributed by atoms with Crippen LogP contribution in [-0.4, -0.2) is 18.9 Å². The first-order valence-corrected chi connectivity index (χ1v) is 6.79. The summed E-state index contributed by atoms with van der Waals surface area (Å²) in [6.07, 6.45) is 10.6. The Morgan fingerprint density at radius 3 is 2.88 bits per heavy atom. The summed E-state index contributed by atoms with van der Waals surface area (Å²) in [5.74, 6) is 0.800. The van der Waals surface area contributed by atoms with E-state index in [1.54, 1.807) is 6.26 Å². The monoisotopic (exact) mass is 238 g/mol. The maximum Gasteiger partial charge on any atom is 0.120 e. The average Bonchev–Trinajstić information content (AvgIpc) is 2.33. The van der Waals surface area contributed by atoms with Gasteiger partial charge < -0.3 is 10.2 Å². The van der Waals surface area contributed by atoms with E-state index in [4.69, 9.17) is 4.74 Å². The van der Waals surface area contributed by atoms with Gasteiger partial charge in [0.25, 0.3) is 0 Å². The molecule has 1 aliphatic carbocycles. The minimum atomic E-state index is 0.207. The van der Waals surface area contributed by atoms with Crippen molar-refractivity contribution in [1.82, 2.24) is 5.43 Å². The molecule has 3 atom stereocenters. The van der Waals surface area contributed by atoms with Crippen LogP contribution in [0.2, 0.25) is 0 Å². The highest BCUT2D eigenvalue weighted by atomic mass is 16.5. The highest BCUT2D eigenvalue weighted by Gasteiger charge is 2.30. The molecular weight excluding hydrogens is 212 g/mol. The first-order valence-electron chi connectivity index (χ1n) is 6.79. The van der Waals surface area contributed by atoms with Crippen molar-refractivity contribution < 1.29 is 4.74 Å². The molecule has 0 aromatic carbocycles. The third-order valence-electron chi connectivity index (χ3n) is 3.64. The molecular formula is C14H26N2O. The topological polar surface area (TPSA) is 33.6 Å². The van der Waals surface area contributed by atoms with Crippen LogP contribution in [0.25, 0.3) is 0 Å². The smallest absolute Gasteiger partial charge is 0.120 e. The molecule has 1 unspecified atom stereocenters. The molecule has 3 heteroatoms. The highest BCUT2D eigenvalue weighted by molar-refractivity contribution is 5.22. The summed E-state index contributed by atoms with van der Waals surface area (Å²) < 4.78 is 5.60. The van der Waals surface area contributed by atoms with Crippen molar-refractivity contribution in [1.29, 1.82) is 0 Å². The van der Waals surface area contributed by atoms with Crippen LogP contribution in [0.3, 0.4) is 0 Å². The van der Waals surface area contributed by atoms with E-state index < -0.39 is 0 Å². The molecule has 1 saturated carbocycles. The number of hydrazone groups is 1. The minimum Gasteiger partial charge on any atom is -0.496 e. The van der Waals surface area contributed by atoms with Crippen LogP contribution in [0.5, 0.6) is 0 Å². The second kappa shape index (κ2) is 8.15. The molecule has 0 saturated heterocycles. The molecule has 3 nitrogen and oxygen atoms in total. The molecule has 0 aromatic rings. The van der Waals surface area contributed by atoms with E-state index in [0.29, 0.717) is 6.04 Å². The molecule has 1 rings (SSSR count). The van der Waals surface area contributed by atoms with Gasteiger partial charge in [0.05, 0.1) is 12.3 Å². The Bertz CT molecular complexity index is 230. The van der Waals surface area contributed by atoms with Crippen LogP contribution in [0.4, 0.5) is 0 Å². The van der Waals surface area contributed by atoms with Crippen LogP contribution in [0, 0.1) is 5.92 Å². The molecule has 0 spiro atoms. The Morgan fingerprint density at radius 1 is 1.41 bits per heavy atom. The van der Waals surface area contributed by atoms with Gasteiger partial charge in [-0.15, -0.1) is 0 Å². The number of hydrogen-bond donors (Lipinski definition) is 1. The van der Waals surface area contributed by atoms with Crippen LogP contribution in [0.1, 0.15) is 51.9 Å². The van der Waals surface area contributed by atoms with Gasteiger partial charge in [-0.1, -0.05) is 39.2 Å². The Balaban J connectivity index is 2.37. The van der Waals surface area contributed by atoms with Gasteiger partial charge in [-0.25, -0.2) is 0 Å². The van der Waals surface area contributed by atoms with E-state index >= 15 is 0 Å². The maximum absolute atomic E-state index is 5.60. The molecule has 0 amide bonds. The lowest BCUT2D eigenvalue weighted by molar-refractivity contribution is 0.0480. The van der Waals surface area contributed by atoms with Crippen molar-refractivity contribution in [2.75, 3.05) is 0 Å². The second-order valence-corrected chi connectivity index (χ2v) is 4.91. The van der Waals surface area contributed by atoms with E-state index in [-0.39, 0.29) is 6.10 Å². The zero-order valence-electron chi connectivity index (χ0n) is 11.0. The molecule has 98 valence electrons. The van der Waals surface area contributed by atoms with Gasteiger partial charge in [-0.05, 0) is 25.2 Å². The largest absolute Gasteiger partial charge is 0.496 e. The van der Waals surface area contributed by atoms with E-state index in [0.717, 1.165) is 18.8 Å². The number of nitrogens with zero attached hydrogens (tertiary/aromatic N) is 1. The number of nitrogens with one attached hydrogen (secondary N) is 1. The quantitative estimate of drug-likeness (QED) is 0.304. The fourth-order valence-electron chi connectivity index (χ4n) is 2.70. The Kier molecular flexibility index (Phi) is 6.75. The first kappa shape index (κ1) is 14.1. The molecule has 0 heterocycles. The van der Waals surface area contributed by atoms with E-state index in [1.165, 1.54) is 32.1 Å². The zero-order chi connectivity index (χ0) is 12.5. The molecule has 17 heavy (non-hydrogen) atoms. The summed E-state index contributed by atoms with van der Waals surface area (Å²) in [4.78, 5) is 0. The van der Waals surface area contributed by atoms with Crippen molar-refractivity contribution in [2.24, 2.45) is 11.0 Å². The van der Waals surface area contributed by atoms with Crippen molar-refractivity contribution in [3.63, 3.8) is 0 Å². The SMILES string of the molecule is C=COC1C[C@H](CCCCC)CC[C@H]1NN=C. The summed E-state index contributed by atoms with van der Waals surface area (Å²) >= 11 is 0. The van der Waals surface area contributed by atoms with Crippen molar-refractivity contribution >= 4 is 6.72 Å². The standard InChI is InChI=1S/C14H26N2O/c1-4-6-7-8-12-9-10-13(16-15-3)14(11-12)17-5-2/h5,12-14,16H,2-4,6-11H2,1H3/t12-,13-,14?/m1/s1. The minimum absolute atomic E-state index is 0.207. The van der Waals surface area contributed by atoms with Crippen LogP contribution in [-0.2, 0) is 4.74 Å². The summed E-state index contributed by atoms with van der Waals surface area (Å²) in [7, 11) is 0. The fraction of sp³-hybridized carbons (Fsp3) is 0.786. The van der Waals surface area contributed by atoms with E-state index in [1.807, 2.05) is 0 Å². The summed E-state index contributed by atoms with van der Waals surface area (Å²) in [5, 5.41) is 3.78. The molecule has 1 N–H and O–H groups in total. The molecule has 0 aromatic heterocycles. The van der Waals surface area contributed by atoms with E-state index in [2.05, 4.69) is 30.7 Å². The normalized spacial score (nSPS) is 28.4. The second-order valence-electron chi connectivity index (χ2n) is 4.91. The third kappa shape index (κ3) is 4.80. The summed E-state index contributed by atoms with van der Waals surface area (Å²) in [6.45, 7) is 9.39. The van der Waals surface area contributed by atoms with Gasteiger partial charge in [0, 0.05) is 6.72 Å². The fourth-order valence-corrected chi connectivity index (χ4v) is 2.70. The predicted octanol–water partition coefficient (Wildman–Crippen LogP) is 3.47. The highest BCUT2D eigenvalue weighted by Crippen LogP contribution is 2.30.